The highest BCUT2D eigenvalue weighted by atomic mass is 32.2. The van der Waals surface area contributed by atoms with Crippen LogP contribution in [0.1, 0.15) is 20.3 Å². The van der Waals surface area contributed by atoms with Crippen LogP contribution in [0.3, 0.4) is 0 Å². The predicted molar refractivity (Wildman–Crippen MR) is 48.2 cm³/mol. The van der Waals surface area contributed by atoms with E-state index in [9.17, 15) is 8.42 Å². The summed E-state index contributed by atoms with van der Waals surface area (Å²) in [5.41, 5.74) is 0.171. The van der Waals surface area contributed by atoms with Crippen molar-refractivity contribution in [3.8, 4) is 0 Å². The quantitative estimate of drug-likeness (QED) is 0.671. The van der Waals surface area contributed by atoms with Gasteiger partial charge in [0, 0.05) is 18.6 Å². The monoisotopic (exact) mass is 192 g/mol. The lowest BCUT2D eigenvalue weighted by Gasteiger charge is -2.48. The lowest BCUT2D eigenvalue weighted by Crippen LogP contribution is -2.57. The van der Waals surface area contributed by atoms with E-state index in [0.29, 0.717) is 6.54 Å². The van der Waals surface area contributed by atoms with E-state index in [2.05, 4.69) is 18.7 Å². The number of rotatable bonds is 3. The Morgan fingerprint density at radius 2 is 2.08 bits per heavy atom. The van der Waals surface area contributed by atoms with Crippen molar-refractivity contribution in [3.63, 3.8) is 0 Å². The molecule has 1 fully saturated rings. The van der Waals surface area contributed by atoms with E-state index < -0.39 is 10.0 Å². The molecule has 0 radical (unpaired) electrons. The molecule has 0 amide bonds. The topological polar surface area (TPSA) is 63.4 Å². The predicted octanol–water partition coefficient (Wildman–Crippen LogP) is -0.241. The van der Waals surface area contributed by atoms with Gasteiger partial charge in [0.05, 0.1) is 5.75 Å². The van der Waals surface area contributed by atoms with Gasteiger partial charge in [0.15, 0.2) is 0 Å². The minimum absolute atomic E-state index is 0.0659. The molecular weight excluding hydrogens is 176 g/mol. The molecule has 0 aliphatic carbocycles. The van der Waals surface area contributed by atoms with Gasteiger partial charge in [-0.05, 0) is 20.3 Å². The molecule has 1 saturated heterocycles. The highest BCUT2D eigenvalue weighted by Crippen LogP contribution is 2.28. The molecule has 1 aliphatic heterocycles. The first kappa shape index (κ1) is 9.95. The molecule has 5 heteroatoms. The Morgan fingerprint density at radius 1 is 1.50 bits per heavy atom. The van der Waals surface area contributed by atoms with E-state index in [0.717, 1.165) is 13.0 Å². The number of likely N-dealkylation sites (tertiary alicyclic amines) is 1. The smallest absolute Gasteiger partial charge is 0.210 e. The average molecular weight is 192 g/mol. The molecule has 0 atom stereocenters. The van der Waals surface area contributed by atoms with Crippen LogP contribution in [0.25, 0.3) is 0 Å². The molecule has 0 bridgehead atoms. The Bertz CT molecular complexity index is 259. The zero-order valence-corrected chi connectivity index (χ0v) is 8.39. The molecule has 12 heavy (non-hydrogen) atoms. The summed E-state index contributed by atoms with van der Waals surface area (Å²) in [5.74, 6) is 0.0659. The lowest BCUT2D eigenvalue weighted by atomic mass is 9.89. The Labute approximate surface area is 73.8 Å². The molecular formula is C7H16N2O2S. The number of primary sulfonamides is 1. The molecule has 0 aromatic rings. The number of nitrogens with two attached hydrogens (primary N) is 1. The van der Waals surface area contributed by atoms with Gasteiger partial charge in [0.1, 0.15) is 0 Å². The summed E-state index contributed by atoms with van der Waals surface area (Å²) in [6.45, 7) is 5.77. The number of sulfonamides is 1. The summed E-state index contributed by atoms with van der Waals surface area (Å²) in [4.78, 5) is 2.14. The van der Waals surface area contributed by atoms with Gasteiger partial charge < -0.3 is 0 Å². The Morgan fingerprint density at radius 3 is 2.33 bits per heavy atom. The lowest BCUT2D eigenvalue weighted by molar-refractivity contribution is 0.0226. The first-order chi connectivity index (χ1) is 5.31. The summed E-state index contributed by atoms with van der Waals surface area (Å²) < 4.78 is 21.3. The van der Waals surface area contributed by atoms with E-state index in [-0.39, 0.29) is 11.3 Å². The van der Waals surface area contributed by atoms with Crippen molar-refractivity contribution in [2.24, 2.45) is 5.14 Å². The molecule has 0 saturated carbocycles. The number of hydrogen-bond acceptors (Lipinski definition) is 3. The fraction of sp³-hybridized carbons (Fsp3) is 1.00. The summed E-state index contributed by atoms with van der Waals surface area (Å²) in [6, 6.07) is 0. The average Bonchev–Trinajstić information content (AvgIpc) is 1.83. The van der Waals surface area contributed by atoms with Crippen LogP contribution in [0, 0.1) is 0 Å². The van der Waals surface area contributed by atoms with E-state index in [1.165, 1.54) is 0 Å². The molecule has 0 spiro atoms. The van der Waals surface area contributed by atoms with Crippen molar-refractivity contribution in [3.05, 3.63) is 0 Å². The van der Waals surface area contributed by atoms with E-state index >= 15 is 0 Å². The summed E-state index contributed by atoms with van der Waals surface area (Å²) >= 11 is 0. The normalized spacial score (nSPS) is 23.6. The van der Waals surface area contributed by atoms with E-state index in [1.54, 1.807) is 0 Å². The molecule has 2 N–H and O–H groups in total. The van der Waals surface area contributed by atoms with Crippen LogP contribution >= 0.6 is 0 Å². The van der Waals surface area contributed by atoms with Gasteiger partial charge in [0.2, 0.25) is 10.0 Å². The van der Waals surface area contributed by atoms with Crippen molar-refractivity contribution >= 4 is 10.0 Å². The Hall–Kier alpha value is -0.130. The minimum Gasteiger partial charge on any atom is -0.297 e. The van der Waals surface area contributed by atoms with Crippen LogP contribution in [0.2, 0.25) is 0 Å². The van der Waals surface area contributed by atoms with Crippen LogP contribution in [-0.4, -0.2) is 37.7 Å². The van der Waals surface area contributed by atoms with Gasteiger partial charge >= 0.3 is 0 Å². The largest absolute Gasteiger partial charge is 0.297 e. The van der Waals surface area contributed by atoms with E-state index in [4.69, 9.17) is 5.14 Å². The van der Waals surface area contributed by atoms with Gasteiger partial charge in [0.25, 0.3) is 0 Å². The second-order valence-corrected chi connectivity index (χ2v) is 5.65. The highest BCUT2D eigenvalue weighted by molar-refractivity contribution is 7.89. The standard InChI is InChI=1S/C7H16N2O2S/c1-7(2)3-4-9(7)5-6-12(8,10)11/h3-6H2,1-2H3,(H2,8,10,11). The summed E-state index contributed by atoms with van der Waals surface area (Å²) in [5, 5.41) is 4.90. The van der Waals surface area contributed by atoms with Crippen LogP contribution in [0.4, 0.5) is 0 Å². The molecule has 0 aromatic heterocycles. The van der Waals surface area contributed by atoms with Crippen LogP contribution < -0.4 is 5.14 Å². The Balaban J connectivity index is 2.35. The van der Waals surface area contributed by atoms with Gasteiger partial charge in [-0.15, -0.1) is 0 Å². The maximum Gasteiger partial charge on any atom is 0.210 e. The third-order valence-electron chi connectivity index (χ3n) is 2.50. The van der Waals surface area contributed by atoms with Crippen LogP contribution in [0.15, 0.2) is 0 Å². The molecule has 1 aliphatic rings. The summed E-state index contributed by atoms with van der Waals surface area (Å²) in [7, 11) is -3.29. The van der Waals surface area contributed by atoms with Gasteiger partial charge in [-0.1, -0.05) is 0 Å². The fourth-order valence-corrected chi connectivity index (χ4v) is 1.84. The zero-order valence-electron chi connectivity index (χ0n) is 7.58. The zero-order chi connectivity index (χ0) is 9.41. The van der Waals surface area contributed by atoms with Gasteiger partial charge in [-0.2, -0.15) is 0 Å². The van der Waals surface area contributed by atoms with Crippen molar-refractivity contribution in [1.82, 2.24) is 4.90 Å². The second-order valence-electron chi connectivity index (χ2n) is 3.92. The minimum atomic E-state index is -3.29. The maximum atomic E-state index is 10.6. The van der Waals surface area contributed by atoms with Crippen LogP contribution in [0.5, 0.6) is 0 Å². The fourth-order valence-electron chi connectivity index (χ4n) is 1.37. The number of hydrogen-bond donors (Lipinski definition) is 1. The van der Waals surface area contributed by atoms with Gasteiger partial charge in [-0.25, -0.2) is 13.6 Å². The van der Waals surface area contributed by atoms with Crippen LogP contribution in [-0.2, 0) is 10.0 Å². The maximum absolute atomic E-state index is 10.6. The van der Waals surface area contributed by atoms with E-state index in [1.807, 2.05) is 0 Å². The van der Waals surface area contributed by atoms with Crippen molar-refractivity contribution < 1.29 is 8.42 Å². The number of nitrogens with zero attached hydrogens (tertiary/aromatic N) is 1. The third kappa shape index (κ3) is 2.43. The van der Waals surface area contributed by atoms with Crippen molar-refractivity contribution in [1.29, 1.82) is 0 Å². The molecule has 1 heterocycles. The molecule has 1 rings (SSSR count). The first-order valence-electron chi connectivity index (χ1n) is 4.07. The second kappa shape index (κ2) is 2.97. The first-order valence-corrected chi connectivity index (χ1v) is 5.78. The summed E-state index contributed by atoms with van der Waals surface area (Å²) in [6.07, 6.45) is 1.14. The molecule has 0 aromatic carbocycles. The molecule has 0 unspecified atom stereocenters. The van der Waals surface area contributed by atoms with Crippen molar-refractivity contribution in [2.45, 2.75) is 25.8 Å². The van der Waals surface area contributed by atoms with Crippen molar-refractivity contribution in [2.75, 3.05) is 18.8 Å². The molecule has 4 nitrogen and oxygen atoms in total. The molecule has 72 valence electrons. The SMILES string of the molecule is CC1(C)CCN1CCS(N)(=O)=O. The Kier molecular flexibility index (Phi) is 2.47. The highest BCUT2D eigenvalue weighted by Gasteiger charge is 2.35. The van der Waals surface area contributed by atoms with Gasteiger partial charge in [-0.3, -0.25) is 4.90 Å². The third-order valence-corrected chi connectivity index (χ3v) is 3.25.